The van der Waals surface area contributed by atoms with E-state index in [0.717, 1.165) is 41.3 Å². The van der Waals surface area contributed by atoms with Crippen LogP contribution in [0.3, 0.4) is 0 Å². The third-order valence-electron chi connectivity index (χ3n) is 6.33. The molecule has 39 heavy (non-hydrogen) atoms. The van der Waals surface area contributed by atoms with Gasteiger partial charge in [-0.2, -0.15) is 5.26 Å². The summed E-state index contributed by atoms with van der Waals surface area (Å²) in [6, 6.07) is 12.7. The van der Waals surface area contributed by atoms with Crippen LogP contribution in [0.1, 0.15) is 36.9 Å². The van der Waals surface area contributed by atoms with E-state index in [1.54, 1.807) is 36.2 Å². The topological polar surface area (TPSA) is 149 Å². The number of nitriles is 1. The van der Waals surface area contributed by atoms with Crippen molar-refractivity contribution in [2.75, 3.05) is 19.3 Å². The molecule has 1 aliphatic heterocycles. The molecule has 11 heteroatoms. The van der Waals surface area contributed by atoms with Crippen molar-refractivity contribution < 1.29 is 66.4 Å². The summed E-state index contributed by atoms with van der Waals surface area (Å²) < 4.78 is 0. The number of nitrogens with two attached hydrogens (primary N) is 1. The maximum Gasteiger partial charge on any atom is 1.00 e. The first-order valence-electron chi connectivity index (χ1n) is 12.3. The van der Waals surface area contributed by atoms with Gasteiger partial charge in [-0.25, -0.2) is 4.98 Å². The molecule has 0 spiro atoms. The minimum atomic E-state index is -0.405. The predicted octanol–water partition coefficient (Wildman–Crippen LogP) is 1.50. The van der Waals surface area contributed by atoms with Crippen LogP contribution in [0.5, 0.6) is 0 Å². The molecular formula is C28H35ClKN6O3-. The predicted molar refractivity (Wildman–Crippen MR) is 148 cm³/mol. The number of anilines is 1. The second-order valence-corrected chi connectivity index (χ2v) is 10.0. The number of nitrogens with zero attached hydrogens (tertiary/aromatic N) is 4. The maximum atomic E-state index is 12.4. The van der Waals surface area contributed by atoms with Crippen LogP contribution >= 0.6 is 11.6 Å². The van der Waals surface area contributed by atoms with Crippen molar-refractivity contribution in [2.24, 2.45) is 5.92 Å². The van der Waals surface area contributed by atoms with Crippen LogP contribution in [-0.2, 0) is 9.59 Å². The Morgan fingerprint density at radius 1 is 1.33 bits per heavy atom. The standard InChI is InChI=1S/C13H18N3O2.C9H10N2.C6H6ClN.K.H2O/c1-15(9-17)12(7-10-4-5-10)13(18)16-6-2-3-11(16)8-14;1-6-3-8-4-7(2)11-9(8)10-5-6;7-5-1-3-6(8)4-2-5;;/h2,9-12H,3-7H2,1H3;3-5H,1-2H3,(H,10,11);1-4H,8H2;;1H2/q-1;;;+1;/p-1. The number of aromatic nitrogens is 2. The molecule has 2 aromatic heterocycles. The van der Waals surface area contributed by atoms with Crippen LogP contribution in [0.4, 0.5) is 5.69 Å². The van der Waals surface area contributed by atoms with Crippen LogP contribution in [0.2, 0.25) is 5.02 Å². The van der Waals surface area contributed by atoms with Crippen LogP contribution < -0.4 is 57.1 Å². The molecule has 2 aliphatic rings. The fourth-order valence-electron chi connectivity index (χ4n) is 4.09. The van der Waals surface area contributed by atoms with Gasteiger partial charge in [-0.1, -0.05) is 24.4 Å². The van der Waals surface area contributed by atoms with E-state index in [2.05, 4.69) is 35.1 Å². The number of carbonyl (C=O) groups excluding carboxylic acids is 2. The molecule has 1 aromatic carbocycles. The number of likely N-dealkylation sites (N-methyl/N-ethyl adjacent to an activating group) is 1. The fourth-order valence-corrected chi connectivity index (χ4v) is 4.22. The third-order valence-corrected chi connectivity index (χ3v) is 6.58. The summed E-state index contributed by atoms with van der Waals surface area (Å²) in [5.74, 6) is 0.477. The minimum Gasteiger partial charge on any atom is -0.870 e. The summed E-state index contributed by atoms with van der Waals surface area (Å²) in [5.41, 5.74) is 9.46. The summed E-state index contributed by atoms with van der Waals surface area (Å²) in [6.45, 7) is 4.61. The van der Waals surface area contributed by atoms with Crippen molar-refractivity contribution in [3.63, 3.8) is 0 Å². The van der Waals surface area contributed by atoms with Crippen LogP contribution in [-0.4, -0.2) is 63.2 Å². The Bertz CT molecular complexity index is 1220. The Kier molecular flexibility index (Phi) is 15.3. The van der Waals surface area contributed by atoms with E-state index in [4.69, 9.17) is 22.6 Å². The molecule has 0 radical (unpaired) electrons. The molecule has 1 saturated heterocycles. The first-order valence-corrected chi connectivity index (χ1v) is 12.7. The van der Waals surface area contributed by atoms with Gasteiger partial charge in [0.2, 0.25) is 12.3 Å². The van der Waals surface area contributed by atoms with Gasteiger partial charge < -0.3 is 32.4 Å². The SMILES string of the molecule is CN(C=O)C(CC1CC1)C(=O)N1C[CH-]CC1C#N.Cc1cnc2[nH]c(C)cc2c1.Nc1ccc(Cl)cc1.[K+].[OH-]. The number of carbonyl (C=O) groups is 2. The summed E-state index contributed by atoms with van der Waals surface area (Å²) in [4.78, 5) is 33.8. The van der Waals surface area contributed by atoms with Crippen LogP contribution in [0, 0.1) is 37.5 Å². The van der Waals surface area contributed by atoms with E-state index in [1.807, 2.05) is 19.5 Å². The number of benzene rings is 1. The van der Waals surface area contributed by atoms with Crippen molar-refractivity contribution in [3.05, 3.63) is 65.3 Å². The second-order valence-electron chi connectivity index (χ2n) is 9.58. The number of hydrogen-bond donors (Lipinski definition) is 2. The largest absolute Gasteiger partial charge is 1.00 e. The Labute approximate surface area is 277 Å². The number of hydrogen-bond acceptors (Lipinski definition) is 6. The molecule has 0 bridgehead atoms. The molecule has 2 fully saturated rings. The molecule has 2 unspecified atom stereocenters. The molecule has 9 nitrogen and oxygen atoms in total. The number of H-pyrrole nitrogens is 1. The molecule has 3 heterocycles. The number of rotatable bonds is 5. The van der Waals surface area contributed by atoms with E-state index in [0.29, 0.717) is 25.3 Å². The number of aromatic amines is 1. The number of halogens is 1. The molecule has 3 aromatic rings. The third kappa shape index (κ3) is 10.8. The Hall–Kier alpha value is -1.97. The van der Waals surface area contributed by atoms with Gasteiger partial charge >= 0.3 is 51.4 Å². The van der Waals surface area contributed by atoms with Gasteiger partial charge in [0.1, 0.15) is 11.7 Å². The minimum absolute atomic E-state index is 0. The zero-order valence-corrected chi connectivity index (χ0v) is 26.9. The van der Waals surface area contributed by atoms with Gasteiger partial charge in [0.15, 0.2) is 0 Å². The van der Waals surface area contributed by atoms with Gasteiger partial charge in [0.25, 0.3) is 0 Å². The molecular weight excluding hydrogens is 543 g/mol. The van der Waals surface area contributed by atoms with E-state index >= 15 is 0 Å². The maximum absolute atomic E-state index is 12.4. The number of nitrogen functional groups attached to an aromatic ring is 1. The zero-order chi connectivity index (χ0) is 26.9. The quantitative estimate of drug-likeness (QED) is 0.203. The zero-order valence-electron chi connectivity index (χ0n) is 23.0. The van der Waals surface area contributed by atoms with Gasteiger partial charge in [-0.3, -0.25) is 9.59 Å². The van der Waals surface area contributed by atoms with Crippen LogP contribution in [0.15, 0.2) is 42.6 Å². The average Bonchev–Trinajstić information content (AvgIpc) is 3.44. The average molecular weight is 578 g/mol. The fraction of sp³-hybridized carbons (Fsp3) is 0.393. The normalized spacial score (nSPS) is 16.2. The van der Waals surface area contributed by atoms with Crippen molar-refractivity contribution in [1.82, 2.24) is 19.8 Å². The Morgan fingerprint density at radius 3 is 2.56 bits per heavy atom. The van der Waals surface area contributed by atoms with E-state index in [9.17, 15) is 9.59 Å². The second kappa shape index (κ2) is 17.0. The number of amides is 2. The van der Waals surface area contributed by atoms with Crippen molar-refractivity contribution >= 4 is 40.6 Å². The molecule has 204 valence electrons. The Balaban J connectivity index is 0.000000310. The van der Waals surface area contributed by atoms with Gasteiger partial charge in [-0.05, 0) is 68.1 Å². The summed E-state index contributed by atoms with van der Waals surface area (Å²) in [7, 11) is 1.64. The number of likely N-dealkylation sites (tertiary alicyclic amines) is 1. The first-order chi connectivity index (χ1) is 17.7. The Morgan fingerprint density at radius 2 is 2.00 bits per heavy atom. The molecule has 2 atom stereocenters. The van der Waals surface area contributed by atoms with Gasteiger partial charge in [0.05, 0.1) is 12.1 Å². The van der Waals surface area contributed by atoms with Crippen molar-refractivity contribution in [3.8, 4) is 6.07 Å². The van der Waals surface area contributed by atoms with Crippen molar-refractivity contribution in [1.29, 1.82) is 5.26 Å². The van der Waals surface area contributed by atoms with E-state index in [-0.39, 0.29) is 68.8 Å². The number of pyridine rings is 1. The summed E-state index contributed by atoms with van der Waals surface area (Å²) >= 11 is 5.56. The molecule has 4 N–H and O–H groups in total. The molecule has 1 saturated carbocycles. The number of fused-ring (bicyclic) bond motifs is 1. The smallest absolute Gasteiger partial charge is 0.870 e. The number of nitrogens with one attached hydrogen (secondary N) is 1. The number of aryl methyl sites for hydroxylation is 2. The molecule has 5 rings (SSSR count). The van der Waals surface area contributed by atoms with Gasteiger partial charge in [0, 0.05) is 35.0 Å². The first kappa shape index (κ1) is 35.1. The molecule has 1 aliphatic carbocycles. The molecule has 2 amide bonds. The monoisotopic (exact) mass is 577 g/mol. The van der Waals surface area contributed by atoms with Crippen molar-refractivity contribution in [2.45, 2.75) is 51.6 Å². The summed E-state index contributed by atoms with van der Waals surface area (Å²) in [5, 5.41) is 10.9. The van der Waals surface area contributed by atoms with Gasteiger partial charge in [-0.15, -0.1) is 13.0 Å². The van der Waals surface area contributed by atoms with Crippen LogP contribution in [0.25, 0.3) is 11.0 Å². The van der Waals surface area contributed by atoms with E-state index < -0.39 is 6.04 Å². The van der Waals surface area contributed by atoms with E-state index in [1.165, 1.54) is 15.8 Å². The summed E-state index contributed by atoms with van der Waals surface area (Å²) in [6.07, 6.45) is 8.16.